The molecule has 6 N–H and O–H groups in total. The Morgan fingerprint density at radius 1 is 0.355 bits per heavy atom. The van der Waals surface area contributed by atoms with Crippen LogP contribution in [0.15, 0.2) is 36.5 Å². The van der Waals surface area contributed by atoms with E-state index < -0.39 is 49.5 Å². The van der Waals surface area contributed by atoms with E-state index in [0.717, 1.165) is 44.9 Å². The molecule has 1 rings (SSSR count). The van der Waals surface area contributed by atoms with Crippen molar-refractivity contribution in [2.75, 3.05) is 13.2 Å². The van der Waals surface area contributed by atoms with Crippen molar-refractivity contribution in [2.24, 2.45) is 0 Å². The second kappa shape index (κ2) is 73.1. The van der Waals surface area contributed by atoms with Gasteiger partial charge in [0.25, 0.3) is 0 Å². The Morgan fingerprint density at radius 2 is 0.613 bits per heavy atom. The summed E-state index contributed by atoms with van der Waals surface area (Å²) in [4.78, 5) is 13.2. The number of aliphatic hydroxyl groups excluding tert-OH is 5. The number of ether oxygens (including phenoxy) is 2. The van der Waals surface area contributed by atoms with Gasteiger partial charge in [-0.15, -0.1) is 0 Å². The SMILES string of the molecule is CCCCCCCCCCCCCCCCCCCCCC/C=C/CC/C=C/CC/C=C/C(O)C(COC1OC(CO)C(O)C(O)C1O)NC(=O)CCCCCCCCCCCCCCCCCCCCCCCCCCCCCCCCCCCCCCCCCC. The zero-order valence-electron chi connectivity index (χ0n) is 62.0. The molecule has 1 fully saturated rings. The van der Waals surface area contributed by atoms with Crippen LogP contribution in [0.4, 0.5) is 0 Å². The Kier molecular flexibility index (Phi) is 70.3. The van der Waals surface area contributed by atoms with E-state index in [0.29, 0.717) is 6.42 Å². The molecule has 1 aliphatic rings. The maximum atomic E-state index is 13.2. The molecule has 0 aromatic rings. The fourth-order valence-corrected chi connectivity index (χ4v) is 13.7. The number of rotatable bonds is 75. The second-order valence-electron chi connectivity index (χ2n) is 29.3. The average Bonchev–Trinajstić information content (AvgIpc) is 0.944. The average molecular weight is 1310 g/mol. The van der Waals surface area contributed by atoms with Gasteiger partial charge in [0, 0.05) is 6.42 Å². The van der Waals surface area contributed by atoms with Crippen LogP contribution >= 0.6 is 0 Å². The predicted octanol–water partition coefficient (Wildman–Crippen LogP) is 24.1. The van der Waals surface area contributed by atoms with E-state index in [1.807, 2.05) is 6.08 Å². The molecule has 0 aromatic heterocycles. The highest BCUT2D eigenvalue weighted by Gasteiger charge is 2.44. The molecule has 550 valence electrons. The maximum Gasteiger partial charge on any atom is 0.220 e. The van der Waals surface area contributed by atoms with Crippen molar-refractivity contribution in [1.82, 2.24) is 5.32 Å². The van der Waals surface area contributed by atoms with Crippen LogP contribution in [0.1, 0.15) is 438 Å². The summed E-state index contributed by atoms with van der Waals surface area (Å²) in [5.41, 5.74) is 0. The van der Waals surface area contributed by atoms with Crippen LogP contribution in [0.3, 0.4) is 0 Å². The summed E-state index contributed by atoms with van der Waals surface area (Å²) in [5.74, 6) is -0.181. The van der Waals surface area contributed by atoms with E-state index in [4.69, 9.17) is 9.47 Å². The Morgan fingerprint density at radius 3 is 0.903 bits per heavy atom. The Balaban J connectivity index is 2.05. The smallest absolute Gasteiger partial charge is 0.220 e. The molecule has 0 aliphatic carbocycles. The zero-order chi connectivity index (χ0) is 67.1. The van der Waals surface area contributed by atoms with Gasteiger partial charge >= 0.3 is 0 Å². The third-order valence-corrected chi connectivity index (χ3v) is 20.2. The van der Waals surface area contributed by atoms with E-state index in [2.05, 4.69) is 43.5 Å². The summed E-state index contributed by atoms with van der Waals surface area (Å²) in [6.07, 6.45) is 93.3. The van der Waals surface area contributed by atoms with Gasteiger partial charge in [0.05, 0.1) is 25.4 Å². The molecule has 9 nitrogen and oxygen atoms in total. The molecule has 93 heavy (non-hydrogen) atoms. The quantitative estimate of drug-likeness (QED) is 0.0261. The van der Waals surface area contributed by atoms with E-state index in [1.54, 1.807) is 6.08 Å². The molecule has 7 unspecified atom stereocenters. The number of amides is 1. The van der Waals surface area contributed by atoms with E-state index in [1.165, 1.54) is 372 Å². The molecule has 9 heteroatoms. The van der Waals surface area contributed by atoms with Crippen LogP contribution in [0.25, 0.3) is 0 Å². The number of carbonyl (C=O) groups excluding carboxylic acids is 1. The van der Waals surface area contributed by atoms with Gasteiger partial charge in [-0.3, -0.25) is 4.79 Å². The van der Waals surface area contributed by atoms with Crippen molar-refractivity contribution in [2.45, 2.75) is 480 Å². The minimum Gasteiger partial charge on any atom is -0.394 e. The third kappa shape index (κ3) is 61.3. The third-order valence-electron chi connectivity index (χ3n) is 20.2. The number of aliphatic hydroxyl groups is 5. The van der Waals surface area contributed by atoms with Crippen molar-refractivity contribution in [1.29, 1.82) is 0 Å². The lowest BCUT2D eigenvalue weighted by molar-refractivity contribution is -0.302. The normalized spacial score (nSPS) is 17.7. The topological polar surface area (TPSA) is 149 Å². The van der Waals surface area contributed by atoms with Gasteiger partial charge in [-0.05, 0) is 44.9 Å². The molecular weight excluding hydrogens is 1150 g/mol. The summed E-state index contributed by atoms with van der Waals surface area (Å²) in [7, 11) is 0. The minimum absolute atomic E-state index is 0.181. The first-order valence-corrected chi connectivity index (χ1v) is 41.7. The summed E-state index contributed by atoms with van der Waals surface area (Å²) < 4.78 is 11.3. The second-order valence-corrected chi connectivity index (χ2v) is 29.3. The summed E-state index contributed by atoms with van der Waals surface area (Å²) in [6.45, 7) is 3.83. The van der Waals surface area contributed by atoms with E-state index in [9.17, 15) is 30.3 Å². The van der Waals surface area contributed by atoms with Crippen LogP contribution in [0.5, 0.6) is 0 Å². The van der Waals surface area contributed by atoms with E-state index in [-0.39, 0.29) is 12.5 Å². The lowest BCUT2D eigenvalue weighted by atomic mass is 9.99. The molecule has 1 aliphatic heterocycles. The number of hydrogen-bond donors (Lipinski definition) is 6. The van der Waals surface area contributed by atoms with Crippen LogP contribution in [0, 0.1) is 0 Å². The molecule has 0 bridgehead atoms. The molecule has 7 atom stereocenters. The molecule has 0 saturated carbocycles. The van der Waals surface area contributed by atoms with Gasteiger partial charge in [0.2, 0.25) is 5.91 Å². The first-order valence-electron chi connectivity index (χ1n) is 41.7. The van der Waals surface area contributed by atoms with Crippen molar-refractivity contribution in [3.8, 4) is 0 Å². The summed E-state index contributed by atoms with van der Waals surface area (Å²) in [6, 6.07) is -0.829. The number of nitrogens with one attached hydrogen (secondary N) is 1. The number of unbranched alkanes of at least 4 members (excludes halogenated alkanes) is 61. The van der Waals surface area contributed by atoms with Crippen molar-refractivity contribution < 1.29 is 39.8 Å². The highest BCUT2D eigenvalue weighted by atomic mass is 16.7. The molecule has 1 heterocycles. The maximum absolute atomic E-state index is 13.2. The minimum atomic E-state index is -1.58. The fraction of sp³-hybridized carbons (Fsp3) is 0.917. The van der Waals surface area contributed by atoms with Crippen molar-refractivity contribution in [3.05, 3.63) is 36.5 Å². The Labute approximate surface area is 578 Å². The molecule has 0 aromatic carbocycles. The highest BCUT2D eigenvalue weighted by Crippen LogP contribution is 2.24. The van der Waals surface area contributed by atoms with Gasteiger partial charge in [-0.1, -0.05) is 423 Å². The largest absolute Gasteiger partial charge is 0.394 e. The van der Waals surface area contributed by atoms with Crippen LogP contribution in [-0.4, -0.2) is 87.5 Å². The van der Waals surface area contributed by atoms with Crippen LogP contribution in [0.2, 0.25) is 0 Å². The molecular formula is C84H161NO8. The fourth-order valence-electron chi connectivity index (χ4n) is 13.7. The number of hydrogen-bond acceptors (Lipinski definition) is 8. The lowest BCUT2D eigenvalue weighted by Crippen LogP contribution is -2.60. The monoisotopic (exact) mass is 1310 g/mol. The van der Waals surface area contributed by atoms with E-state index >= 15 is 0 Å². The van der Waals surface area contributed by atoms with Gasteiger partial charge < -0.3 is 40.3 Å². The van der Waals surface area contributed by atoms with Gasteiger partial charge in [0.15, 0.2) is 6.29 Å². The Hall–Kier alpha value is -1.59. The first kappa shape index (κ1) is 89.4. The van der Waals surface area contributed by atoms with Crippen LogP contribution in [-0.2, 0) is 14.3 Å². The van der Waals surface area contributed by atoms with Gasteiger partial charge in [0.1, 0.15) is 24.4 Å². The summed E-state index contributed by atoms with van der Waals surface area (Å²) >= 11 is 0. The molecule has 1 saturated heterocycles. The zero-order valence-corrected chi connectivity index (χ0v) is 62.0. The van der Waals surface area contributed by atoms with Crippen molar-refractivity contribution in [3.63, 3.8) is 0 Å². The highest BCUT2D eigenvalue weighted by molar-refractivity contribution is 5.76. The number of carbonyl (C=O) groups is 1. The summed E-state index contributed by atoms with van der Waals surface area (Å²) in [5, 5.41) is 54.9. The first-order chi connectivity index (χ1) is 45.8. The standard InChI is InChI=1S/C84H161NO8/c1-3-5-7-9-11-13-15-17-19-21-23-25-27-29-31-33-35-36-37-38-39-40-41-42-43-44-46-48-50-52-54-56-58-60-62-64-66-68-70-72-74-80(88)85-77(76-92-84-83(91)82(90)81(89)79(75-86)93-84)78(87)73-71-69-67-65-63-61-59-57-55-53-51-49-47-45-34-32-30-28-26-24-22-20-18-16-14-12-10-8-6-4-2/h55,57,63,65,71,73,77-79,81-84,86-87,89-91H,3-54,56,58-62,64,66-70,72,74-76H2,1-2H3,(H,85,88)/b57-55+,65-63+,73-71+. The van der Waals surface area contributed by atoms with Gasteiger partial charge in [-0.25, -0.2) is 0 Å². The lowest BCUT2D eigenvalue weighted by Gasteiger charge is -2.40. The van der Waals surface area contributed by atoms with Crippen LogP contribution < -0.4 is 5.32 Å². The number of allylic oxidation sites excluding steroid dienone is 5. The van der Waals surface area contributed by atoms with Gasteiger partial charge in [-0.2, -0.15) is 0 Å². The Bertz CT molecular complexity index is 1570. The van der Waals surface area contributed by atoms with Crippen molar-refractivity contribution >= 4 is 5.91 Å². The molecule has 0 spiro atoms. The predicted molar refractivity (Wildman–Crippen MR) is 401 cm³/mol. The molecule has 1 amide bonds. The molecule has 0 radical (unpaired) electrons.